The fraction of sp³-hybridized carbons (Fsp3) is 0.462. The number of aliphatic hydroxyl groups excluding tert-OH is 1. The first kappa shape index (κ1) is 15.5. The van der Waals surface area contributed by atoms with Crippen LogP contribution in [0.3, 0.4) is 0 Å². The maximum absolute atomic E-state index is 13.0. The monoisotopic (exact) mass is 273 g/mol. The molecule has 0 bridgehead atoms. The number of hydrogen-bond donors (Lipinski definition) is 3. The summed E-state index contributed by atoms with van der Waals surface area (Å²) in [5.41, 5.74) is 0.0747. The minimum atomic E-state index is -1.16. The number of benzene rings is 1. The highest BCUT2D eigenvalue weighted by molar-refractivity contribution is 5.73. The number of halogens is 2. The van der Waals surface area contributed by atoms with Crippen LogP contribution >= 0.6 is 0 Å². The van der Waals surface area contributed by atoms with Crippen molar-refractivity contribution in [2.75, 3.05) is 6.54 Å². The van der Waals surface area contributed by atoms with Crippen molar-refractivity contribution in [2.24, 2.45) is 0 Å². The summed E-state index contributed by atoms with van der Waals surface area (Å²) in [6.45, 7) is 1.76. The van der Waals surface area contributed by atoms with Gasteiger partial charge in [0.1, 0.15) is 17.7 Å². The molecule has 2 atom stereocenters. The molecule has 0 radical (unpaired) electrons. The Kier molecular flexibility index (Phi) is 5.85. The molecule has 0 aliphatic rings. The molecule has 0 fully saturated rings. The van der Waals surface area contributed by atoms with Crippen molar-refractivity contribution in [1.82, 2.24) is 5.32 Å². The first-order valence-corrected chi connectivity index (χ1v) is 6.04. The molecule has 19 heavy (non-hydrogen) atoms. The van der Waals surface area contributed by atoms with E-state index in [0.717, 1.165) is 12.1 Å². The summed E-state index contributed by atoms with van der Waals surface area (Å²) in [7, 11) is 0. The molecule has 1 rings (SSSR count). The van der Waals surface area contributed by atoms with Gasteiger partial charge in [0.15, 0.2) is 0 Å². The van der Waals surface area contributed by atoms with Crippen LogP contribution in [-0.2, 0) is 4.79 Å². The van der Waals surface area contributed by atoms with Crippen molar-refractivity contribution >= 4 is 5.97 Å². The smallest absolute Gasteiger partial charge is 0.320 e. The molecular formula is C13H17F2NO3. The number of aliphatic carboxylic acids is 1. The van der Waals surface area contributed by atoms with Gasteiger partial charge in [-0.25, -0.2) is 8.78 Å². The summed E-state index contributed by atoms with van der Waals surface area (Å²) in [5, 5.41) is 21.4. The van der Waals surface area contributed by atoms with Crippen LogP contribution in [0.25, 0.3) is 0 Å². The first-order valence-electron chi connectivity index (χ1n) is 6.04. The number of aliphatic hydroxyl groups is 1. The average molecular weight is 273 g/mol. The van der Waals surface area contributed by atoms with Crippen molar-refractivity contribution < 1.29 is 23.8 Å². The summed E-state index contributed by atoms with van der Waals surface area (Å²) >= 11 is 0. The number of carbonyl (C=O) groups is 1. The van der Waals surface area contributed by atoms with Crippen LogP contribution in [0.15, 0.2) is 18.2 Å². The lowest BCUT2D eigenvalue weighted by Gasteiger charge is -2.17. The number of nitrogens with one attached hydrogen (secondary N) is 1. The van der Waals surface area contributed by atoms with E-state index in [0.29, 0.717) is 18.9 Å². The third kappa shape index (κ3) is 4.92. The summed E-state index contributed by atoms with van der Waals surface area (Å²) in [5.74, 6) is -2.57. The van der Waals surface area contributed by atoms with Gasteiger partial charge in [-0.2, -0.15) is 0 Å². The Morgan fingerprint density at radius 2 is 1.89 bits per heavy atom. The first-order chi connectivity index (χ1) is 8.93. The molecule has 0 aliphatic carbocycles. The van der Waals surface area contributed by atoms with E-state index >= 15 is 0 Å². The van der Waals surface area contributed by atoms with Crippen LogP contribution in [0.2, 0.25) is 0 Å². The molecule has 0 aromatic heterocycles. The third-order valence-electron chi connectivity index (χ3n) is 2.70. The highest BCUT2D eigenvalue weighted by Crippen LogP contribution is 2.16. The van der Waals surface area contributed by atoms with Gasteiger partial charge in [0, 0.05) is 12.6 Å². The van der Waals surface area contributed by atoms with Gasteiger partial charge in [-0.3, -0.25) is 4.79 Å². The van der Waals surface area contributed by atoms with E-state index in [9.17, 15) is 18.7 Å². The minimum absolute atomic E-state index is 0.0747. The van der Waals surface area contributed by atoms with E-state index in [4.69, 9.17) is 5.11 Å². The topological polar surface area (TPSA) is 69.6 Å². The van der Waals surface area contributed by atoms with Crippen LogP contribution in [-0.4, -0.2) is 28.8 Å². The molecule has 106 valence electrons. The molecule has 6 heteroatoms. The van der Waals surface area contributed by atoms with Gasteiger partial charge in [0.2, 0.25) is 0 Å². The summed E-state index contributed by atoms with van der Waals surface area (Å²) in [4.78, 5) is 10.9. The van der Waals surface area contributed by atoms with Crippen molar-refractivity contribution in [2.45, 2.75) is 31.9 Å². The van der Waals surface area contributed by atoms with Gasteiger partial charge in [-0.15, -0.1) is 0 Å². The van der Waals surface area contributed by atoms with Crippen molar-refractivity contribution in [3.8, 4) is 0 Å². The van der Waals surface area contributed by atoms with E-state index in [2.05, 4.69) is 5.32 Å². The molecular weight excluding hydrogens is 256 g/mol. The molecule has 1 unspecified atom stereocenters. The standard InChI is InChI=1S/C13H17F2NO3/c1-2-3-11(13(18)19)16-7-12(17)8-4-9(14)6-10(15)5-8/h4-6,11-12,16-17H,2-3,7H2,1H3,(H,18,19)/t11?,12-/m1/s1. The van der Waals surface area contributed by atoms with E-state index in [1.165, 1.54) is 0 Å². The Labute approximate surface area is 110 Å². The second-order valence-electron chi connectivity index (χ2n) is 4.31. The predicted octanol–water partition coefficient (Wildman–Crippen LogP) is 1.84. The average Bonchev–Trinajstić information content (AvgIpc) is 2.32. The summed E-state index contributed by atoms with van der Waals surface area (Å²) in [6.07, 6.45) is -0.0716. The number of carboxylic acids is 1. The number of carboxylic acid groups (broad SMARTS) is 1. The maximum atomic E-state index is 13.0. The lowest BCUT2D eigenvalue weighted by molar-refractivity contribution is -0.139. The second-order valence-corrected chi connectivity index (χ2v) is 4.31. The van der Waals surface area contributed by atoms with E-state index in [-0.39, 0.29) is 12.1 Å². The van der Waals surface area contributed by atoms with Gasteiger partial charge in [0.25, 0.3) is 0 Å². The van der Waals surface area contributed by atoms with Crippen LogP contribution in [0.5, 0.6) is 0 Å². The fourth-order valence-corrected chi connectivity index (χ4v) is 1.74. The zero-order valence-electron chi connectivity index (χ0n) is 10.6. The van der Waals surface area contributed by atoms with Crippen LogP contribution in [0, 0.1) is 11.6 Å². The van der Waals surface area contributed by atoms with Crippen molar-refractivity contribution in [1.29, 1.82) is 0 Å². The molecule has 0 spiro atoms. The maximum Gasteiger partial charge on any atom is 0.320 e. The molecule has 3 N–H and O–H groups in total. The van der Waals surface area contributed by atoms with Crippen molar-refractivity contribution in [3.05, 3.63) is 35.4 Å². The van der Waals surface area contributed by atoms with Gasteiger partial charge < -0.3 is 15.5 Å². The molecule has 0 amide bonds. The van der Waals surface area contributed by atoms with E-state index < -0.39 is 29.7 Å². The fourth-order valence-electron chi connectivity index (χ4n) is 1.74. The SMILES string of the molecule is CCCC(NC[C@@H](O)c1cc(F)cc(F)c1)C(=O)O. The Hall–Kier alpha value is -1.53. The van der Waals surface area contributed by atoms with Crippen LogP contribution < -0.4 is 5.32 Å². The molecule has 0 heterocycles. The molecule has 1 aromatic carbocycles. The largest absolute Gasteiger partial charge is 0.480 e. The third-order valence-corrected chi connectivity index (χ3v) is 2.70. The normalized spacial score (nSPS) is 14.1. The summed E-state index contributed by atoms with van der Waals surface area (Å²) in [6, 6.07) is 1.97. The Morgan fingerprint density at radius 1 is 1.32 bits per heavy atom. The molecule has 1 aromatic rings. The molecule has 0 saturated carbocycles. The lowest BCUT2D eigenvalue weighted by Crippen LogP contribution is -2.38. The lowest BCUT2D eigenvalue weighted by atomic mass is 10.1. The quantitative estimate of drug-likeness (QED) is 0.709. The molecule has 4 nitrogen and oxygen atoms in total. The number of rotatable bonds is 7. The zero-order valence-corrected chi connectivity index (χ0v) is 10.6. The van der Waals surface area contributed by atoms with Gasteiger partial charge >= 0.3 is 5.97 Å². The highest BCUT2D eigenvalue weighted by Gasteiger charge is 2.18. The molecule has 0 aliphatic heterocycles. The Bertz CT molecular complexity index is 420. The predicted molar refractivity (Wildman–Crippen MR) is 65.7 cm³/mol. The Morgan fingerprint density at radius 3 is 2.37 bits per heavy atom. The zero-order chi connectivity index (χ0) is 14.4. The summed E-state index contributed by atoms with van der Waals surface area (Å²) < 4.78 is 25.9. The van der Waals surface area contributed by atoms with Gasteiger partial charge in [-0.1, -0.05) is 13.3 Å². The minimum Gasteiger partial charge on any atom is -0.480 e. The Balaban J connectivity index is 2.63. The van der Waals surface area contributed by atoms with Gasteiger partial charge in [0.05, 0.1) is 6.10 Å². The second kappa shape index (κ2) is 7.16. The van der Waals surface area contributed by atoms with Crippen LogP contribution in [0.1, 0.15) is 31.4 Å². The number of hydrogen-bond acceptors (Lipinski definition) is 3. The highest BCUT2D eigenvalue weighted by atomic mass is 19.1. The van der Waals surface area contributed by atoms with E-state index in [1.54, 1.807) is 0 Å². The van der Waals surface area contributed by atoms with Crippen LogP contribution in [0.4, 0.5) is 8.78 Å². The van der Waals surface area contributed by atoms with E-state index in [1.807, 2.05) is 6.92 Å². The molecule has 0 saturated heterocycles. The van der Waals surface area contributed by atoms with Crippen molar-refractivity contribution in [3.63, 3.8) is 0 Å². The van der Waals surface area contributed by atoms with Gasteiger partial charge in [-0.05, 0) is 24.1 Å².